The maximum Gasteiger partial charge on any atom is 0.127 e. The summed E-state index contributed by atoms with van der Waals surface area (Å²) in [7, 11) is 1.90. The largest absolute Gasteiger partial charge is 0.493 e. The Hall–Kier alpha value is -3.25. The summed E-state index contributed by atoms with van der Waals surface area (Å²) in [5, 5.41) is 15.8. The molecule has 28 heavy (non-hydrogen) atoms. The Balaban J connectivity index is 1.97. The number of benzene rings is 2. The topological polar surface area (TPSA) is 73.1 Å². The molecule has 0 amide bonds. The van der Waals surface area contributed by atoms with Crippen LogP contribution in [0.2, 0.25) is 0 Å². The van der Waals surface area contributed by atoms with E-state index >= 15 is 0 Å². The van der Waals surface area contributed by atoms with E-state index in [0.717, 1.165) is 39.0 Å². The van der Waals surface area contributed by atoms with E-state index in [1.165, 1.54) is 0 Å². The maximum atomic E-state index is 10.3. The van der Waals surface area contributed by atoms with Crippen LogP contribution in [0, 0.1) is 0 Å². The van der Waals surface area contributed by atoms with Gasteiger partial charge in [-0.15, -0.1) is 0 Å². The van der Waals surface area contributed by atoms with Crippen molar-refractivity contribution in [1.29, 1.82) is 0 Å². The van der Waals surface area contributed by atoms with Crippen molar-refractivity contribution in [3.8, 4) is 28.3 Å². The Morgan fingerprint density at radius 1 is 1.11 bits per heavy atom. The summed E-state index contributed by atoms with van der Waals surface area (Å²) in [5.74, 6) is 0.643. The minimum absolute atomic E-state index is 0.518. The van der Waals surface area contributed by atoms with Crippen LogP contribution >= 0.6 is 0 Å². The zero-order chi connectivity index (χ0) is 19.7. The fourth-order valence-corrected chi connectivity index (χ4v) is 3.39. The number of fused-ring (bicyclic) bond motifs is 1. The SMILES string of the molecule is CCOc1cc2ncnc(-c3cn(C)nc3-c3ccccc3)c2cc1[C@@H](C)O. The Bertz CT molecular complexity index is 1120. The van der Waals surface area contributed by atoms with E-state index in [9.17, 15) is 5.11 Å². The maximum absolute atomic E-state index is 10.3. The molecule has 0 saturated carbocycles. The first-order valence-corrected chi connectivity index (χ1v) is 9.27. The molecule has 0 aliphatic heterocycles. The van der Waals surface area contributed by atoms with E-state index in [1.54, 1.807) is 17.9 Å². The highest BCUT2D eigenvalue weighted by molar-refractivity contribution is 5.96. The zero-order valence-electron chi connectivity index (χ0n) is 16.1. The van der Waals surface area contributed by atoms with Gasteiger partial charge in [-0.3, -0.25) is 4.68 Å². The van der Waals surface area contributed by atoms with Crippen molar-refractivity contribution in [2.24, 2.45) is 7.05 Å². The van der Waals surface area contributed by atoms with Crippen LogP contribution in [0.25, 0.3) is 33.4 Å². The first-order chi connectivity index (χ1) is 13.6. The molecule has 2 aromatic carbocycles. The summed E-state index contributed by atoms with van der Waals surface area (Å²) in [6.07, 6.45) is 2.85. The molecule has 0 fully saturated rings. The van der Waals surface area contributed by atoms with E-state index in [1.807, 2.05) is 62.6 Å². The molecule has 6 heteroatoms. The van der Waals surface area contributed by atoms with E-state index in [4.69, 9.17) is 4.74 Å². The molecule has 4 aromatic rings. The third-order valence-electron chi connectivity index (χ3n) is 4.65. The molecule has 0 radical (unpaired) electrons. The fraction of sp³-hybridized carbons (Fsp3) is 0.227. The summed E-state index contributed by atoms with van der Waals surface area (Å²) in [4.78, 5) is 8.99. The number of rotatable bonds is 5. The van der Waals surface area contributed by atoms with Crippen LogP contribution in [0.4, 0.5) is 0 Å². The van der Waals surface area contributed by atoms with Crippen molar-refractivity contribution < 1.29 is 9.84 Å². The number of ether oxygens (including phenoxy) is 1. The number of aromatic nitrogens is 4. The lowest BCUT2D eigenvalue weighted by Gasteiger charge is -2.15. The number of hydrogen-bond acceptors (Lipinski definition) is 5. The highest BCUT2D eigenvalue weighted by Crippen LogP contribution is 2.37. The number of aryl methyl sites for hydroxylation is 1. The molecule has 142 valence electrons. The highest BCUT2D eigenvalue weighted by Gasteiger charge is 2.19. The average Bonchev–Trinajstić information content (AvgIpc) is 3.09. The minimum atomic E-state index is -0.665. The second kappa shape index (κ2) is 7.40. The fourth-order valence-electron chi connectivity index (χ4n) is 3.39. The lowest BCUT2D eigenvalue weighted by atomic mass is 10.00. The van der Waals surface area contributed by atoms with E-state index < -0.39 is 6.10 Å². The van der Waals surface area contributed by atoms with Crippen LogP contribution in [-0.2, 0) is 7.05 Å². The van der Waals surface area contributed by atoms with E-state index in [-0.39, 0.29) is 0 Å². The van der Waals surface area contributed by atoms with Crippen LogP contribution in [0.1, 0.15) is 25.5 Å². The zero-order valence-corrected chi connectivity index (χ0v) is 16.1. The number of hydrogen-bond donors (Lipinski definition) is 1. The lowest BCUT2D eigenvalue weighted by Crippen LogP contribution is -2.01. The van der Waals surface area contributed by atoms with Crippen molar-refractivity contribution in [3.63, 3.8) is 0 Å². The third-order valence-corrected chi connectivity index (χ3v) is 4.65. The quantitative estimate of drug-likeness (QED) is 0.568. The van der Waals surface area contributed by atoms with Crippen molar-refractivity contribution in [1.82, 2.24) is 19.7 Å². The molecule has 0 aliphatic rings. The van der Waals surface area contributed by atoms with Crippen molar-refractivity contribution in [3.05, 3.63) is 60.6 Å². The first-order valence-electron chi connectivity index (χ1n) is 9.27. The molecular formula is C22H22N4O2. The van der Waals surface area contributed by atoms with Crippen LogP contribution in [0.15, 0.2) is 55.0 Å². The van der Waals surface area contributed by atoms with Gasteiger partial charge >= 0.3 is 0 Å². The average molecular weight is 374 g/mol. The van der Waals surface area contributed by atoms with Gasteiger partial charge in [0, 0.05) is 41.4 Å². The number of aliphatic hydroxyl groups is 1. The molecule has 0 unspecified atom stereocenters. The van der Waals surface area contributed by atoms with E-state index in [0.29, 0.717) is 12.4 Å². The summed E-state index contributed by atoms with van der Waals surface area (Å²) >= 11 is 0. The summed E-state index contributed by atoms with van der Waals surface area (Å²) in [6.45, 7) is 4.17. The van der Waals surface area contributed by atoms with Crippen LogP contribution in [-0.4, -0.2) is 31.5 Å². The minimum Gasteiger partial charge on any atom is -0.493 e. The lowest BCUT2D eigenvalue weighted by molar-refractivity contribution is 0.192. The Kier molecular flexibility index (Phi) is 4.79. The highest BCUT2D eigenvalue weighted by atomic mass is 16.5. The van der Waals surface area contributed by atoms with Crippen molar-refractivity contribution >= 4 is 10.9 Å². The van der Waals surface area contributed by atoms with Crippen molar-refractivity contribution in [2.75, 3.05) is 6.61 Å². The van der Waals surface area contributed by atoms with Gasteiger partial charge in [-0.2, -0.15) is 5.10 Å². The van der Waals surface area contributed by atoms with Crippen LogP contribution in [0.5, 0.6) is 5.75 Å². The molecule has 2 heterocycles. The summed E-state index contributed by atoms with van der Waals surface area (Å²) in [6, 6.07) is 13.8. The van der Waals surface area contributed by atoms with E-state index in [2.05, 4.69) is 15.1 Å². The normalized spacial score (nSPS) is 12.3. The second-order valence-electron chi connectivity index (χ2n) is 6.67. The summed E-state index contributed by atoms with van der Waals surface area (Å²) in [5.41, 5.74) is 5.06. The predicted octanol–water partition coefficient (Wildman–Crippen LogP) is 4.15. The van der Waals surface area contributed by atoms with Gasteiger partial charge in [0.25, 0.3) is 0 Å². The van der Waals surface area contributed by atoms with Gasteiger partial charge in [0.1, 0.15) is 17.8 Å². The second-order valence-corrected chi connectivity index (χ2v) is 6.67. The molecular weight excluding hydrogens is 352 g/mol. The Labute approximate surface area is 163 Å². The molecule has 6 nitrogen and oxygen atoms in total. The van der Waals surface area contributed by atoms with Gasteiger partial charge in [-0.25, -0.2) is 9.97 Å². The number of aliphatic hydroxyl groups excluding tert-OH is 1. The van der Waals surface area contributed by atoms with Gasteiger partial charge in [-0.05, 0) is 19.9 Å². The third kappa shape index (κ3) is 3.23. The molecule has 1 N–H and O–H groups in total. The van der Waals surface area contributed by atoms with Crippen LogP contribution in [0.3, 0.4) is 0 Å². The first kappa shape index (κ1) is 18.1. The van der Waals surface area contributed by atoms with Gasteiger partial charge in [0.15, 0.2) is 0 Å². The molecule has 0 aliphatic carbocycles. The molecule has 0 bridgehead atoms. The molecule has 0 saturated heterocycles. The molecule has 1 atom stereocenters. The number of nitrogens with zero attached hydrogens (tertiary/aromatic N) is 4. The van der Waals surface area contributed by atoms with Gasteiger partial charge in [0.05, 0.1) is 23.9 Å². The van der Waals surface area contributed by atoms with Crippen molar-refractivity contribution in [2.45, 2.75) is 20.0 Å². The summed E-state index contributed by atoms with van der Waals surface area (Å²) < 4.78 is 7.50. The molecule has 4 rings (SSSR count). The predicted molar refractivity (Wildman–Crippen MR) is 109 cm³/mol. The monoisotopic (exact) mass is 374 g/mol. The Morgan fingerprint density at radius 3 is 2.61 bits per heavy atom. The smallest absolute Gasteiger partial charge is 0.127 e. The van der Waals surface area contributed by atoms with Gasteiger partial charge < -0.3 is 9.84 Å². The Morgan fingerprint density at radius 2 is 1.89 bits per heavy atom. The molecule has 0 spiro atoms. The van der Waals surface area contributed by atoms with Crippen LogP contribution < -0.4 is 4.74 Å². The standard InChI is InChI=1S/C22H22N4O2/c1-4-28-20-11-19-17(10-16(20)14(2)27)22(24-13-23-19)18-12-26(3)25-21(18)15-8-6-5-7-9-15/h5-14,27H,4H2,1-3H3/t14-/m1/s1. The van der Waals surface area contributed by atoms with Gasteiger partial charge in [-0.1, -0.05) is 30.3 Å². The van der Waals surface area contributed by atoms with Gasteiger partial charge in [0.2, 0.25) is 0 Å². The molecule has 2 aromatic heterocycles.